The van der Waals surface area contributed by atoms with Crippen LogP contribution < -0.4 is 10.9 Å². The van der Waals surface area contributed by atoms with Gasteiger partial charge in [0.25, 0.3) is 0 Å². The number of hydrogen-bond acceptors (Lipinski definition) is 9. The molecule has 0 aromatic carbocycles. The summed E-state index contributed by atoms with van der Waals surface area (Å²) < 4.78 is 0. The summed E-state index contributed by atoms with van der Waals surface area (Å²) in [5.41, 5.74) is 7.71. The Kier molecular flexibility index (Phi) is 6.54. The van der Waals surface area contributed by atoms with Gasteiger partial charge in [-0.2, -0.15) is 0 Å². The van der Waals surface area contributed by atoms with Crippen LogP contribution in [0.3, 0.4) is 0 Å². The summed E-state index contributed by atoms with van der Waals surface area (Å²) in [7, 11) is 0. The molecule has 2 aromatic heterocycles. The number of nitrogens with one attached hydrogen (secondary N) is 2. The molecule has 0 radical (unpaired) electrons. The molecule has 9 heteroatoms. The third-order valence-electron chi connectivity index (χ3n) is 4.01. The van der Waals surface area contributed by atoms with Crippen molar-refractivity contribution in [3.05, 3.63) is 54.6 Å². The number of pyridine rings is 2. The largest absolute Gasteiger partial charge is 0.277 e. The van der Waals surface area contributed by atoms with E-state index >= 15 is 0 Å². The minimum atomic E-state index is 0.310. The van der Waals surface area contributed by atoms with Crippen molar-refractivity contribution in [2.75, 3.05) is 17.3 Å². The number of rotatable bonds is 5. The first kappa shape index (κ1) is 18.6. The van der Waals surface area contributed by atoms with Crippen LogP contribution in [0, 0.1) is 0 Å². The second-order valence-electron chi connectivity index (χ2n) is 6.10. The molecule has 4 heterocycles. The predicted octanol–water partition coefficient (Wildman–Crippen LogP) is 2.85. The van der Waals surface area contributed by atoms with Gasteiger partial charge in [-0.3, -0.25) is 30.8 Å². The van der Waals surface area contributed by atoms with E-state index in [0.717, 1.165) is 34.0 Å². The van der Waals surface area contributed by atoms with E-state index in [-0.39, 0.29) is 0 Å². The molecule has 27 heavy (non-hydrogen) atoms. The fourth-order valence-electron chi connectivity index (χ4n) is 2.68. The summed E-state index contributed by atoms with van der Waals surface area (Å²) in [6, 6.07) is 8.82. The van der Waals surface area contributed by atoms with Gasteiger partial charge < -0.3 is 0 Å². The minimum Gasteiger partial charge on any atom is -0.277 e. The minimum absolute atomic E-state index is 0.310. The topological polar surface area (TPSA) is 74.6 Å². The SMILES string of the molecule is c1cc(C[C@@H]2CSC(NNC3=NC(CSc4ccncc4)CS3)=N2)ccn1. The van der Waals surface area contributed by atoms with Crippen LogP contribution in [-0.2, 0) is 6.42 Å². The number of nitrogens with zero attached hydrogens (tertiary/aromatic N) is 4. The van der Waals surface area contributed by atoms with Gasteiger partial charge in [0.2, 0.25) is 0 Å². The Bertz CT molecular complexity index is 799. The Labute approximate surface area is 171 Å². The van der Waals surface area contributed by atoms with E-state index in [2.05, 4.69) is 33.0 Å². The van der Waals surface area contributed by atoms with E-state index in [1.54, 1.807) is 23.5 Å². The third kappa shape index (κ3) is 5.63. The molecule has 2 aromatic rings. The summed E-state index contributed by atoms with van der Waals surface area (Å²) in [6.07, 6.45) is 8.27. The molecule has 4 rings (SSSR count). The van der Waals surface area contributed by atoms with Crippen molar-refractivity contribution in [2.24, 2.45) is 9.98 Å². The zero-order valence-electron chi connectivity index (χ0n) is 14.6. The lowest BCUT2D eigenvalue weighted by Crippen LogP contribution is -2.38. The molecule has 140 valence electrons. The van der Waals surface area contributed by atoms with E-state index in [1.165, 1.54) is 10.5 Å². The average molecular weight is 417 g/mol. The first-order chi connectivity index (χ1) is 13.3. The summed E-state index contributed by atoms with van der Waals surface area (Å²) in [6.45, 7) is 0. The molecule has 0 bridgehead atoms. The normalized spacial score (nSPS) is 21.6. The van der Waals surface area contributed by atoms with Gasteiger partial charge in [0.15, 0.2) is 10.3 Å². The molecule has 0 amide bonds. The first-order valence-corrected chi connectivity index (χ1v) is 11.7. The highest BCUT2D eigenvalue weighted by Crippen LogP contribution is 2.24. The second-order valence-corrected chi connectivity index (χ2v) is 9.21. The smallest absolute Gasteiger partial charge is 0.175 e. The van der Waals surface area contributed by atoms with Crippen molar-refractivity contribution < 1.29 is 0 Å². The molecule has 0 fully saturated rings. The quantitative estimate of drug-likeness (QED) is 0.573. The van der Waals surface area contributed by atoms with Crippen molar-refractivity contribution in [3.8, 4) is 0 Å². The van der Waals surface area contributed by atoms with Gasteiger partial charge >= 0.3 is 0 Å². The fourth-order valence-corrected chi connectivity index (χ4v) is 5.50. The number of thioether (sulfide) groups is 3. The monoisotopic (exact) mass is 416 g/mol. The maximum Gasteiger partial charge on any atom is 0.175 e. The van der Waals surface area contributed by atoms with E-state index in [1.807, 2.05) is 48.7 Å². The van der Waals surface area contributed by atoms with E-state index in [4.69, 9.17) is 9.98 Å². The highest BCUT2D eigenvalue weighted by Gasteiger charge is 2.21. The highest BCUT2D eigenvalue weighted by molar-refractivity contribution is 8.14. The molecule has 0 saturated heterocycles. The Morgan fingerprint density at radius 1 is 0.852 bits per heavy atom. The molecular weight excluding hydrogens is 396 g/mol. The van der Waals surface area contributed by atoms with Crippen molar-refractivity contribution in [1.82, 2.24) is 20.8 Å². The lowest BCUT2D eigenvalue weighted by Gasteiger charge is -2.07. The lowest BCUT2D eigenvalue weighted by atomic mass is 10.1. The molecule has 0 aliphatic carbocycles. The number of aromatic nitrogens is 2. The first-order valence-electron chi connectivity index (χ1n) is 8.70. The molecule has 2 aliphatic rings. The fraction of sp³-hybridized carbons (Fsp3) is 0.333. The lowest BCUT2D eigenvalue weighted by molar-refractivity contribution is 0.751. The van der Waals surface area contributed by atoms with Gasteiger partial charge in [0.1, 0.15) is 0 Å². The van der Waals surface area contributed by atoms with Crippen molar-refractivity contribution in [1.29, 1.82) is 0 Å². The third-order valence-corrected chi connectivity index (χ3v) is 7.24. The van der Waals surface area contributed by atoms with Gasteiger partial charge in [-0.05, 0) is 36.2 Å². The van der Waals surface area contributed by atoms with Crippen LogP contribution in [0.2, 0.25) is 0 Å². The maximum absolute atomic E-state index is 4.75. The van der Waals surface area contributed by atoms with E-state index < -0.39 is 0 Å². The summed E-state index contributed by atoms with van der Waals surface area (Å²) in [4.78, 5) is 18.8. The summed E-state index contributed by atoms with van der Waals surface area (Å²) >= 11 is 5.32. The molecule has 1 unspecified atom stereocenters. The van der Waals surface area contributed by atoms with Gasteiger partial charge in [0.05, 0.1) is 12.1 Å². The van der Waals surface area contributed by atoms with Crippen LogP contribution in [0.25, 0.3) is 0 Å². The Hall–Kier alpha value is -1.71. The van der Waals surface area contributed by atoms with E-state index in [9.17, 15) is 0 Å². The zero-order valence-corrected chi connectivity index (χ0v) is 17.1. The van der Waals surface area contributed by atoms with Crippen molar-refractivity contribution in [3.63, 3.8) is 0 Å². The number of hydrazine groups is 1. The second kappa shape index (κ2) is 9.48. The summed E-state index contributed by atoms with van der Waals surface area (Å²) in [5.74, 6) is 2.98. The molecule has 2 N–H and O–H groups in total. The number of hydrogen-bond donors (Lipinski definition) is 2. The Balaban J connectivity index is 1.21. The predicted molar refractivity (Wildman–Crippen MR) is 117 cm³/mol. The van der Waals surface area contributed by atoms with Crippen LogP contribution in [-0.4, -0.2) is 49.6 Å². The molecule has 0 spiro atoms. The van der Waals surface area contributed by atoms with Gasteiger partial charge in [-0.15, -0.1) is 11.8 Å². The van der Waals surface area contributed by atoms with Crippen LogP contribution in [0.1, 0.15) is 5.56 Å². The highest BCUT2D eigenvalue weighted by atomic mass is 32.2. The van der Waals surface area contributed by atoms with E-state index in [0.29, 0.717) is 12.1 Å². The number of aliphatic imine (C=N–C) groups is 2. The van der Waals surface area contributed by atoms with Crippen LogP contribution in [0.15, 0.2) is 63.9 Å². The summed E-state index contributed by atoms with van der Waals surface area (Å²) in [5, 5.41) is 1.88. The number of amidine groups is 2. The van der Waals surface area contributed by atoms with Crippen LogP contribution >= 0.6 is 35.3 Å². The van der Waals surface area contributed by atoms with Crippen LogP contribution in [0.4, 0.5) is 0 Å². The molecule has 2 aliphatic heterocycles. The van der Waals surface area contributed by atoms with Gasteiger partial charge in [-0.25, -0.2) is 0 Å². The van der Waals surface area contributed by atoms with Crippen molar-refractivity contribution >= 4 is 45.6 Å². The molecule has 0 saturated carbocycles. The molecular formula is C18H20N6S3. The van der Waals surface area contributed by atoms with Gasteiger partial charge in [-0.1, -0.05) is 23.5 Å². The average Bonchev–Trinajstić information content (AvgIpc) is 3.36. The molecule has 6 nitrogen and oxygen atoms in total. The Morgan fingerprint density at radius 3 is 2.15 bits per heavy atom. The van der Waals surface area contributed by atoms with Gasteiger partial charge in [0, 0.05) is 46.9 Å². The molecule has 2 atom stereocenters. The Morgan fingerprint density at radius 2 is 1.44 bits per heavy atom. The maximum atomic E-state index is 4.75. The van der Waals surface area contributed by atoms with Crippen molar-refractivity contribution in [2.45, 2.75) is 23.4 Å². The zero-order chi connectivity index (χ0) is 18.3. The standard InChI is InChI=1S/C18H20N6S3/c1-5-19-6-2-13(1)9-14-10-26-17(21-14)23-24-18-22-15(12-27-18)11-25-16-3-7-20-8-4-16/h1-8,14-15H,9-12H2,(H,21,23)(H,22,24)/t14-,15?/m1/s1. The van der Waals surface area contributed by atoms with Crippen LogP contribution in [0.5, 0.6) is 0 Å².